The van der Waals surface area contributed by atoms with Gasteiger partial charge in [-0.3, -0.25) is 14.5 Å². The maximum absolute atomic E-state index is 12.6. The number of hydrogen-bond acceptors (Lipinski definition) is 7. The van der Waals surface area contributed by atoms with E-state index in [0.29, 0.717) is 34.3 Å². The molecular weight excluding hydrogens is 472 g/mol. The van der Waals surface area contributed by atoms with Gasteiger partial charge in [0.15, 0.2) is 5.01 Å². The Labute approximate surface area is 192 Å². The molecule has 4 heterocycles. The number of carbonyl (C=O) groups excluding carboxylic acids is 1. The molecule has 1 saturated carbocycles. The average molecular weight is 489 g/mol. The topological polar surface area (TPSA) is 118 Å². The van der Waals surface area contributed by atoms with Crippen LogP contribution < -0.4 is 10.0 Å². The van der Waals surface area contributed by atoms with E-state index in [4.69, 9.17) is 11.6 Å². The van der Waals surface area contributed by atoms with E-state index < -0.39 is 10.0 Å². The number of amides is 1. The van der Waals surface area contributed by atoms with E-state index in [1.165, 1.54) is 17.5 Å². The minimum atomic E-state index is -3.36. The minimum Gasteiger partial charge on any atom is -0.344 e. The molecule has 164 valence electrons. The fourth-order valence-electron chi connectivity index (χ4n) is 3.16. The van der Waals surface area contributed by atoms with Crippen molar-refractivity contribution < 1.29 is 13.2 Å². The van der Waals surface area contributed by atoms with Gasteiger partial charge in [-0.2, -0.15) is 5.10 Å². The van der Waals surface area contributed by atoms with E-state index in [-0.39, 0.29) is 17.7 Å². The molecule has 0 bridgehead atoms. The van der Waals surface area contributed by atoms with E-state index >= 15 is 0 Å². The molecule has 0 aromatic carbocycles. The SMILES string of the molecule is O=C(NCc1cc(NS(=O)(=O)C2CC2)ccn1)c1ncc(-c2cnn3cc(Cl)ccc23)s1. The Morgan fingerprint density at radius 3 is 2.88 bits per heavy atom. The molecule has 1 aliphatic rings. The summed E-state index contributed by atoms with van der Waals surface area (Å²) in [6.45, 7) is 0.141. The number of sulfonamides is 1. The van der Waals surface area contributed by atoms with Gasteiger partial charge in [-0.25, -0.2) is 17.9 Å². The maximum atomic E-state index is 12.6. The van der Waals surface area contributed by atoms with Crippen molar-refractivity contribution in [1.82, 2.24) is 24.9 Å². The van der Waals surface area contributed by atoms with E-state index in [0.717, 1.165) is 16.0 Å². The molecule has 0 radical (unpaired) electrons. The number of thiazole rings is 1. The van der Waals surface area contributed by atoms with Gasteiger partial charge in [0.2, 0.25) is 10.0 Å². The van der Waals surface area contributed by atoms with Crippen LogP contribution in [0.15, 0.2) is 49.1 Å². The van der Waals surface area contributed by atoms with Crippen molar-refractivity contribution in [2.24, 2.45) is 0 Å². The van der Waals surface area contributed by atoms with Gasteiger partial charge >= 0.3 is 0 Å². The normalized spacial score (nSPS) is 13.9. The molecule has 0 aliphatic heterocycles. The third-order valence-electron chi connectivity index (χ3n) is 4.92. The van der Waals surface area contributed by atoms with Crippen molar-refractivity contribution in [3.05, 3.63) is 64.8 Å². The predicted molar refractivity (Wildman–Crippen MR) is 122 cm³/mol. The summed E-state index contributed by atoms with van der Waals surface area (Å²) in [5.74, 6) is -0.341. The van der Waals surface area contributed by atoms with Crippen molar-refractivity contribution >= 4 is 50.1 Å². The first-order chi connectivity index (χ1) is 15.4. The third kappa shape index (κ3) is 4.31. The molecule has 0 spiro atoms. The first kappa shape index (κ1) is 20.9. The Balaban J connectivity index is 1.26. The number of nitrogens with one attached hydrogen (secondary N) is 2. The molecule has 4 aromatic rings. The van der Waals surface area contributed by atoms with Crippen molar-refractivity contribution in [3.63, 3.8) is 0 Å². The fraction of sp³-hybridized carbons (Fsp3) is 0.200. The molecule has 4 aromatic heterocycles. The molecule has 5 rings (SSSR count). The number of pyridine rings is 2. The lowest BCUT2D eigenvalue weighted by molar-refractivity contribution is 0.0950. The summed E-state index contributed by atoms with van der Waals surface area (Å²) in [6, 6.07) is 6.84. The van der Waals surface area contributed by atoms with Crippen LogP contribution >= 0.6 is 22.9 Å². The highest BCUT2D eigenvalue weighted by atomic mass is 35.5. The monoisotopic (exact) mass is 488 g/mol. The fourth-order valence-corrected chi connectivity index (χ4v) is 5.55. The van der Waals surface area contributed by atoms with E-state index in [1.54, 1.807) is 41.3 Å². The molecule has 1 amide bonds. The van der Waals surface area contributed by atoms with Crippen LogP contribution in [0.2, 0.25) is 5.02 Å². The van der Waals surface area contributed by atoms with Crippen molar-refractivity contribution in [1.29, 1.82) is 0 Å². The Kier molecular flexibility index (Phi) is 5.31. The zero-order valence-corrected chi connectivity index (χ0v) is 18.9. The summed E-state index contributed by atoms with van der Waals surface area (Å²) in [7, 11) is -3.36. The number of rotatable bonds is 7. The highest BCUT2D eigenvalue weighted by Crippen LogP contribution is 2.31. The smallest absolute Gasteiger partial charge is 0.280 e. The van der Waals surface area contributed by atoms with Gasteiger partial charge in [0, 0.05) is 24.2 Å². The molecular formula is C20H17ClN6O3S2. The van der Waals surface area contributed by atoms with Gasteiger partial charge in [-0.15, -0.1) is 11.3 Å². The molecule has 2 N–H and O–H groups in total. The second-order valence-corrected chi connectivity index (χ2v) is 10.8. The van der Waals surface area contributed by atoms with Crippen LogP contribution in [0.3, 0.4) is 0 Å². The van der Waals surface area contributed by atoms with Crippen LogP contribution in [0.5, 0.6) is 0 Å². The minimum absolute atomic E-state index is 0.141. The van der Waals surface area contributed by atoms with Crippen molar-refractivity contribution in [2.75, 3.05) is 4.72 Å². The molecule has 9 nitrogen and oxygen atoms in total. The lowest BCUT2D eigenvalue weighted by Gasteiger charge is -2.08. The summed E-state index contributed by atoms with van der Waals surface area (Å²) in [5, 5.41) is 7.63. The standard InChI is InChI=1S/C20H17ClN6O3S2/c21-12-1-4-17-16(9-25-27(17)11-12)18-10-24-20(31-18)19(28)23-8-14-7-13(5-6-22-14)26-32(29,30)15-2-3-15/h1,4-7,9-11,15H,2-3,8H2,(H,22,26)(H,23,28). The van der Waals surface area contributed by atoms with Crippen LogP contribution in [0.4, 0.5) is 5.69 Å². The summed E-state index contributed by atoms with van der Waals surface area (Å²) < 4.78 is 28.4. The zero-order chi connectivity index (χ0) is 22.3. The van der Waals surface area contributed by atoms with Crippen LogP contribution in [-0.4, -0.2) is 39.2 Å². The molecule has 12 heteroatoms. The molecule has 1 fully saturated rings. The molecule has 32 heavy (non-hydrogen) atoms. The van der Waals surface area contributed by atoms with Crippen LogP contribution in [0.25, 0.3) is 16.0 Å². The summed E-state index contributed by atoms with van der Waals surface area (Å²) >= 11 is 7.25. The Morgan fingerprint density at radius 1 is 1.22 bits per heavy atom. The van der Waals surface area contributed by atoms with Crippen LogP contribution in [0.1, 0.15) is 28.3 Å². The lowest BCUT2D eigenvalue weighted by atomic mass is 10.2. The molecule has 0 atom stereocenters. The summed E-state index contributed by atoms with van der Waals surface area (Å²) in [5.41, 5.74) is 2.68. The maximum Gasteiger partial charge on any atom is 0.280 e. The largest absolute Gasteiger partial charge is 0.344 e. The number of aromatic nitrogens is 4. The van der Waals surface area contributed by atoms with E-state index in [1.807, 2.05) is 6.07 Å². The second-order valence-electron chi connectivity index (χ2n) is 7.33. The van der Waals surface area contributed by atoms with Crippen LogP contribution in [-0.2, 0) is 16.6 Å². The summed E-state index contributed by atoms with van der Waals surface area (Å²) in [4.78, 5) is 21.8. The highest BCUT2D eigenvalue weighted by Gasteiger charge is 2.35. The quantitative estimate of drug-likeness (QED) is 0.412. The molecule has 0 saturated heterocycles. The summed E-state index contributed by atoms with van der Waals surface area (Å²) in [6.07, 6.45) is 7.92. The van der Waals surface area contributed by atoms with Gasteiger partial charge in [0.25, 0.3) is 5.91 Å². The molecule has 0 unspecified atom stereocenters. The lowest BCUT2D eigenvalue weighted by Crippen LogP contribution is -2.23. The second kappa shape index (κ2) is 8.15. The Morgan fingerprint density at radius 2 is 2.06 bits per heavy atom. The van der Waals surface area contributed by atoms with Gasteiger partial charge in [-0.05, 0) is 37.1 Å². The van der Waals surface area contributed by atoms with Gasteiger partial charge in [-0.1, -0.05) is 11.6 Å². The number of fused-ring (bicyclic) bond motifs is 1. The van der Waals surface area contributed by atoms with Crippen LogP contribution in [0, 0.1) is 0 Å². The van der Waals surface area contributed by atoms with Crippen molar-refractivity contribution in [3.8, 4) is 10.4 Å². The van der Waals surface area contributed by atoms with Gasteiger partial charge < -0.3 is 5.32 Å². The van der Waals surface area contributed by atoms with E-state index in [2.05, 4.69) is 25.1 Å². The number of hydrogen-bond donors (Lipinski definition) is 2. The number of carbonyl (C=O) groups is 1. The number of halogens is 1. The number of nitrogens with zero attached hydrogens (tertiary/aromatic N) is 4. The Bertz CT molecular complexity index is 1430. The Hall–Kier alpha value is -3.02. The van der Waals surface area contributed by atoms with Gasteiger partial charge in [0.1, 0.15) is 0 Å². The predicted octanol–water partition coefficient (Wildman–Crippen LogP) is 3.34. The third-order valence-corrected chi connectivity index (χ3v) is 8.04. The van der Waals surface area contributed by atoms with Crippen molar-refractivity contribution in [2.45, 2.75) is 24.6 Å². The zero-order valence-electron chi connectivity index (χ0n) is 16.5. The van der Waals surface area contributed by atoms with E-state index in [9.17, 15) is 13.2 Å². The number of anilines is 1. The first-order valence-electron chi connectivity index (χ1n) is 9.73. The highest BCUT2D eigenvalue weighted by molar-refractivity contribution is 7.93. The first-order valence-corrected chi connectivity index (χ1v) is 12.5. The molecule has 1 aliphatic carbocycles. The average Bonchev–Trinajstić information content (AvgIpc) is 3.39. The van der Waals surface area contributed by atoms with Gasteiger partial charge in [0.05, 0.1) is 44.8 Å².